The summed E-state index contributed by atoms with van der Waals surface area (Å²) < 4.78 is 25.7. The Morgan fingerprint density at radius 2 is 2.06 bits per heavy atom. The third kappa shape index (κ3) is 2.09. The van der Waals surface area contributed by atoms with E-state index in [-0.39, 0.29) is 16.8 Å². The van der Waals surface area contributed by atoms with Crippen LogP contribution in [0, 0.1) is 10.2 Å². The largest absolute Gasteiger partial charge is 0.375 e. The van der Waals surface area contributed by atoms with Crippen LogP contribution in [0.5, 0.6) is 0 Å². The van der Waals surface area contributed by atoms with Gasteiger partial charge in [0, 0.05) is 5.41 Å². The summed E-state index contributed by atoms with van der Waals surface area (Å²) >= 11 is 0. The molecule has 0 unspecified atom stereocenters. The van der Waals surface area contributed by atoms with Gasteiger partial charge in [-0.15, -0.1) is 0 Å². The molecular weight excluding hydrogens is 222 g/mol. The minimum atomic E-state index is -2.49. The fraction of sp³-hybridized carbons (Fsp3) is 0.667. The molecule has 1 heterocycles. The fourth-order valence-electron chi connectivity index (χ4n) is 2.15. The first kappa shape index (κ1) is 11.9. The van der Waals surface area contributed by atoms with Gasteiger partial charge in [-0.25, -0.2) is 4.21 Å². The van der Waals surface area contributed by atoms with Crippen LogP contribution >= 0.6 is 0 Å². The van der Waals surface area contributed by atoms with E-state index in [0.29, 0.717) is 12.4 Å². The van der Waals surface area contributed by atoms with E-state index < -0.39 is 9.73 Å². The minimum Gasteiger partial charge on any atom is -0.375 e. The topological polar surface area (TPSA) is 50.1 Å². The predicted molar refractivity (Wildman–Crippen MR) is 65.9 cm³/mol. The zero-order valence-electron chi connectivity index (χ0n) is 9.81. The molecule has 0 aromatic carbocycles. The summed E-state index contributed by atoms with van der Waals surface area (Å²) in [6, 6.07) is 0. The van der Waals surface area contributed by atoms with Crippen LogP contribution in [-0.4, -0.2) is 27.9 Å². The van der Waals surface area contributed by atoms with Gasteiger partial charge in [-0.2, -0.15) is 0 Å². The maximum Gasteiger partial charge on any atom is 0.0821 e. The zero-order valence-corrected chi connectivity index (χ0v) is 10.6. The lowest BCUT2D eigenvalue weighted by Gasteiger charge is -2.39. The highest BCUT2D eigenvalue weighted by molar-refractivity contribution is 7.93. The molecule has 0 aromatic rings. The summed E-state index contributed by atoms with van der Waals surface area (Å²) in [6.45, 7) is 4.35. The molecule has 2 aliphatic rings. The number of rotatable bonds is 1. The molecule has 0 bridgehead atoms. The standard InChI is InChI=1S/C12H19NO2S/c1-10-8-15-11(9-16(10,13)14)12(2)6-4-3-5-7-12/h4-7,10-11,13H,3,8-9H2,1-2H3/t10-,11-,16+/m1/s1. The molecular formula is C12H19NO2S. The maximum atomic E-state index is 12.1. The van der Waals surface area contributed by atoms with Crippen molar-refractivity contribution in [3.05, 3.63) is 24.3 Å². The van der Waals surface area contributed by atoms with Crippen molar-refractivity contribution in [3.8, 4) is 0 Å². The molecule has 16 heavy (non-hydrogen) atoms. The van der Waals surface area contributed by atoms with Gasteiger partial charge in [0.1, 0.15) is 0 Å². The molecule has 3 nitrogen and oxygen atoms in total. The van der Waals surface area contributed by atoms with Crippen LogP contribution in [0.25, 0.3) is 0 Å². The molecule has 0 aromatic heterocycles. The Morgan fingerprint density at radius 3 is 2.62 bits per heavy atom. The SMILES string of the molecule is C[C@@H]1CO[C@@H](C2(C)C=CCC=C2)C[S@]1(=N)=O. The first-order valence-electron chi connectivity index (χ1n) is 5.66. The van der Waals surface area contributed by atoms with E-state index in [0.717, 1.165) is 6.42 Å². The van der Waals surface area contributed by atoms with E-state index in [1.807, 2.05) is 6.92 Å². The molecule has 1 aliphatic carbocycles. The Balaban J connectivity index is 2.21. The average molecular weight is 241 g/mol. The number of allylic oxidation sites excluding steroid dienone is 2. The second kappa shape index (κ2) is 4.00. The monoisotopic (exact) mass is 241 g/mol. The predicted octanol–water partition coefficient (Wildman–Crippen LogP) is 2.34. The Bertz CT molecular complexity index is 410. The Labute approximate surface area is 97.5 Å². The second-order valence-corrected chi connectivity index (χ2v) is 7.52. The van der Waals surface area contributed by atoms with Crippen molar-refractivity contribution in [1.29, 1.82) is 4.78 Å². The molecule has 1 aliphatic heterocycles. The van der Waals surface area contributed by atoms with Gasteiger partial charge >= 0.3 is 0 Å². The van der Waals surface area contributed by atoms with E-state index in [9.17, 15) is 4.21 Å². The van der Waals surface area contributed by atoms with Gasteiger partial charge in [-0.1, -0.05) is 31.2 Å². The number of hydrogen-bond acceptors (Lipinski definition) is 3. The summed E-state index contributed by atoms with van der Waals surface area (Å²) in [5, 5.41) is -0.149. The average Bonchev–Trinajstić information content (AvgIpc) is 2.23. The van der Waals surface area contributed by atoms with Crippen molar-refractivity contribution in [2.24, 2.45) is 5.41 Å². The number of nitrogens with one attached hydrogen (secondary N) is 1. The van der Waals surface area contributed by atoms with Gasteiger partial charge in [-0.05, 0) is 13.3 Å². The molecule has 0 spiro atoms. The van der Waals surface area contributed by atoms with Crippen molar-refractivity contribution in [3.63, 3.8) is 0 Å². The minimum absolute atomic E-state index is 0.124. The van der Waals surface area contributed by atoms with Crippen molar-refractivity contribution in [2.45, 2.75) is 31.6 Å². The molecule has 1 saturated heterocycles. The highest BCUT2D eigenvalue weighted by Crippen LogP contribution is 2.34. The van der Waals surface area contributed by atoms with Crippen LogP contribution < -0.4 is 0 Å². The van der Waals surface area contributed by atoms with Gasteiger partial charge in [0.2, 0.25) is 0 Å². The van der Waals surface area contributed by atoms with Gasteiger partial charge in [0.15, 0.2) is 0 Å². The summed E-state index contributed by atoms with van der Waals surface area (Å²) in [5.41, 5.74) is -0.192. The van der Waals surface area contributed by atoms with E-state index in [1.54, 1.807) is 0 Å². The normalized spacial score (nSPS) is 42.1. The van der Waals surface area contributed by atoms with Gasteiger partial charge < -0.3 is 4.74 Å². The summed E-state index contributed by atoms with van der Waals surface area (Å²) in [5.74, 6) is 0.347. The van der Waals surface area contributed by atoms with E-state index in [1.165, 1.54) is 0 Å². The highest BCUT2D eigenvalue weighted by Gasteiger charge is 2.38. The van der Waals surface area contributed by atoms with Gasteiger partial charge in [0.05, 0.1) is 33.4 Å². The summed E-state index contributed by atoms with van der Waals surface area (Å²) in [6.07, 6.45) is 9.27. The fourth-order valence-corrected chi connectivity index (χ4v) is 3.68. The van der Waals surface area contributed by atoms with Crippen LogP contribution in [0.3, 0.4) is 0 Å². The van der Waals surface area contributed by atoms with Gasteiger partial charge in [0.25, 0.3) is 0 Å². The van der Waals surface area contributed by atoms with Crippen molar-refractivity contribution >= 4 is 9.73 Å². The van der Waals surface area contributed by atoms with Crippen LogP contribution in [0.15, 0.2) is 24.3 Å². The van der Waals surface area contributed by atoms with Crippen LogP contribution in [0.4, 0.5) is 0 Å². The quantitative estimate of drug-likeness (QED) is 0.716. The lowest BCUT2D eigenvalue weighted by atomic mass is 9.81. The second-order valence-electron chi connectivity index (χ2n) is 4.93. The molecule has 0 radical (unpaired) electrons. The summed E-state index contributed by atoms with van der Waals surface area (Å²) in [7, 11) is -2.49. The van der Waals surface area contributed by atoms with Crippen molar-refractivity contribution < 1.29 is 8.95 Å². The molecule has 1 N–H and O–H groups in total. The first-order valence-corrected chi connectivity index (χ1v) is 7.45. The molecule has 0 amide bonds. The van der Waals surface area contributed by atoms with E-state index >= 15 is 0 Å². The first-order chi connectivity index (χ1) is 7.44. The Hall–Kier alpha value is -0.610. The third-order valence-electron chi connectivity index (χ3n) is 3.50. The van der Waals surface area contributed by atoms with Gasteiger partial charge in [-0.3, -0.25) is 4.78 Å². The highest BCUT2D eigenvalue weighted by atomic mass is 32.2. The molecule has 1 fully saturated rings. The zero-order chi connectivity index (χ0) is 11.8. The lowest BCUT2D eigenvalue weighted by Crippen LogP contribution is -2.46. The number of ether oxygens (including phenoxy) is 1. The lowest BCUT2D eigenvalue weighted by molar-refractivity contribution is 0.0143. The third-order valence-corrected chi connectivity index (χ3v) is 5.73. The van der Waals surface area contributed by atoms with Crippen LogP contribution in [0.1, 0.15) is 20.3 Å². The van der Waals surface area contributed by atoms with Crippen molar-refractivity contribution in [2.75, 3.05) is 12.4 Å². The Morgan fingerprint density at radius 1 is 1.44 bits per heavy atom. The maximum absolute atomic E-state index is 12.1. The van der Waals surface area contributed by atoms with E-state index in [4.69, 9.17) is 9.52 Å². The Kier molecular flexibility index (Phi) is 2.97. The van der Waals surface area contributed by atoms with Crippen LogP contribution in [-0.2, 0) is 14.5 Å². The summed E-state index contributed by atoms with van der Waals surface area (Å²) in [4.78, 5) is 0. The molecule has 0 saturated carbocycles. The number of hydrogen-bond donors (Lipinski definition) is 1. The molecule has 3 atom stereocenters. The molecule has 90 valence electrons. The van der Waals surface area contributed by atoms with E-state index in [2.05, 4.69) is 31.2 Å². The van der Waals surface area contributed by atoms with Crippen molar-refractivity contribution in [1.82, 2.24) is 0 Å². The smallest absolute Gasteiger partial charge is 0.0821 e. The molecule has 4 heteroatoms. The molecule has 2 rings (SSSR count). The van der Waals surface area contributed by atoms with Crippen LogP contribution in [0.2, 0.25) is 0 Å².